The monoisotopic (exact) mass is 456 g/mol. The highest BCUT2D eigenvalue weighted by Crippen LogP contribution is 2.29. The Morgan fingerprint density at radius 2 is 1.74 bits per heavy atom. The van der Waals surface area contributed by atoms with E-state index in [9.17, 15) is 23.1 Å². The Balaban J connectivity index is 2.43. The van der Waals surface area contributed by atoms with Crippen molar-refractivity contribution < 1.29 is 32.6 Å². The average molecular weight is 457 g/mol. The van der Waals surface area contributed by atoms with Crippen LogP contribution in [0.4, 0.5) is 4.79 Å². The summed E-state index contributed by atoms with van der Waals surface area (Å²) in [6.07, 6.45) is -0.147. The highest BCUT2D eigenvalue weighted by molar-refractivity contribution is 7.89. The van der Waals surface area contributed by atoms with Gasteiger partial charge in [-0.1, -0.05) is 13.8 Å². The molecule has 10 heteroatoms. The summed E-state index contributed by atoms with van der Waals surface area (Å²) in [5.41, 5.74) is -0.759. The Morgan fingerprint density at radius 3 is 2.19 bits per heavy atom. The maximum atomic E-state index is 13.3. The highest BCUT2D eigenvalue weighted by Gasteiger charge is 2.46. The zero-order chi connectivity index (χ0) is 23.6. The third kappa shape index (κ3) is 6.10. The van der Waals surface area contributed by atoms with E-state index in [0.29, 0.717) is 12.2 Å². The molecule has 0 aromatic heterocycles. The van der Waals surface area contributed by atoms with Crippen molar-refractivity contribution in [3.8, 4) is 5.75 Å². The number of aliphatic carboxylic acids is 1. The fraction of sp³-hybridized carbons (Fsp3) is 0.619. The van der Waals surface area contributed by atoms with Crippen molar-refractivity contribution in [2.45, 2.75) is 63.6 Å². The number of rotatable bonds is 6. The summed E-state index contributed by atoms with van der Waals surface area (Å²) in [5.74, 6) is -0.684. The van der Waals surface area contributed by atoms with Crippen LogP contribution >= 0.6 is 0 Å². The average Bonchev–Trinajstić information content (AvgIpc) is 2.65. The van der Waals surface area contributed by atoms with E-state index < -0.39 is 39.8 Å². The van der Waals surface area contributed by atoms with Gasteiger partial charge < -0.3 is 19.5 Å². The van der Waals surface area contributed by atoms with Crippen LogP contribution in [0.2, 0.25) is 0 Å². The second kappa shape index (κ2) is 9.44. The minimum Gasteiger partial charge on any atom is -0.497 e. The number of amides is 1. The van der Waals surface area contributed by atoms with E-state index in [1.165, 1.54) is 36.3 Å². The number of methoxy groups -OCH3 is 1. The van der Waals surface area contributed by atoms with Gasteiger partial charge >= 0.3 is 12.1 Å². The standard InChI is InChI=1S/C21H32N2O7S/c1-14(2)11-15-12-23(31(27,28)17-9-7-16(29-6)8-10-17)18(19(24)25)13-22(15)20(26)30-21(3,4)5/h7-10,14-15,18H,11-13H2,1-6H3,(H,24,25)/t15-,18-/m1/s1. The van der Waals surface area contributed by atoms with E-state index >= 15 is 0 Å². The third-order valence-corrected chi connectivity index (χ3v) is 6.76. The third-order valence-electron chi connectivity index (χ3n) is 4.87. The summed E-state index contributed by atoms with van der Waals surface area (Å²) >= 11 is 0. The number of hydrogen-bond acceptors (Lipinski definition) is 6. The SMILES string of the molecule is COc1ccc(S(=O)(=O)N2C[C@@H](CC(C)C)N(C(=O)OC(C)(C)C)C[C@@H]2C(=O)O)cc1. The van der Waals surface area contributed by atoms with E-state index in [4.69, 9.17) is 9.47 Å². The fourth-order valence-electron chi connectivity index (χ4n) is 3.50. The topological polar surface area (TPSA) is 113 Å². The van der Waals surface area contributed by atoms with Crippen LogP contribution in [0.3, 0.4) is 0 Å². The van der Waals surface area contributed by atoms with Crippen molar-refractivity contribution in [2.75, 3.05) is 20.2 Å². The minimum atomic E-state index is -4.12. The Morgan fingerprint density at radius 1 is 1.16 bits per heavy atom. The predicted octanol–water partition coefficient (Wildman–Crippen LogP) is 2.80. The van der Waals surface area contributed by atoms with Crippen LogP contribution in [0.25, 0.3) is 0 Å². The van der Waals surface area contributed by atoms with Gasteiger partial charge in [0.25, 0.3) is 0 Å². The molecule has 0 radical (unpaired) electrons. The number of carboxylic acids is 1. The van der Waals surface area contributed by atoms with Crippen molar-refractivity contribution in [3.05, 3.63) is 24.3 Å². The van der Waals surface area contributed by atoms with Crippen LogP contribution in [0, 0.1) is 5.92 Å². The van der Waals surface area contributed by atoms with Crippen molar-refractivity contribution in [1.82, 2.24) is 9.21 Å². The van der Waals surface area contributed by atoms with Crippen LogP contribution in [0.1, 0.15) is 41.0 Å². The molecule has 31 heavy (non-hydrogen) atoms. The molecule has 1 saturated heterocycles. The second-order valence-corrected chi connectivity index (χ2v) is 10.9. The summed E-state index contributed by atoms with van der Waals surface area (Å²) in [5, 5.41) is 9.80. The summed E-state index contributed by atoms with van der Waals surface area (Å²) in [6.45, 7) is 8.65. The number of piperazine rings is 1. The fourth-order valence-corrected chi connectivity index (χ4v) is 5.11. The first-order valence-corrected chi connectivity index (χ1v) is 11.6. The second-order valence-electron chi connectivity index (χ2n) is 9.02. The molecule has 174 valence electrons. The van der Waals surface area contributed by atoms with E-state index in [0.717, 1.165) is 4.31 Å². The first-order valence-electron chi connectivity index (χ1n) is 10.1. The maximum Gasteiger partial charge on any atom is 0.410 e. The van der Waals surface area contributed by atoms with Crippen LogP contribution in [0.5, 0.6) is 5.75 Å². The molecule has 1 aromatic rings. The van der Waals surface area contributed by atoms with Gasteiger partial charge in [0.2, 0.25) is 10.0 Å². The lowest BCUT2D eigenvalue weighted by Gasteiger charge is -2.44. The molecule has 1 aromatic carbocycles. The molecule has 0 spiro atoms. The van der Waals surface area contributed by atoms with Crippen molar-refractivity contribution >= 4 is 22.1 Å². The van der Waals surface area contributed by atoms with Gasteiger partial charge in [0.05, 0.1) is 18.6 Å². The van der Waals surface area contributed by atoms with Crippen molar-refractivity contribution in [2.24, 2.45) is 5.92 Å². The molecule has 9 nitrogen and oxygen atoms in total. The first kappa shape index (κ1) is 24.9. The maximum absolute atomic E-state index is 13.3. The zero-order valence-corrected chi connectivity index (χ0v) is 19.7. The van der Waals surface area contributed by atoms with Crippen LogP contribution < -0.4 is 4.74 Å². The number of carbonyl (C=O) groups excluding carboxylic acids is 1. The van der Waals surface area contributed by atoms with Gasteiger partial charge in [0, 0.05) is 12.6 Å². The molecule has 0 unspecified atom stereocenters. The number of nitrogens with zero attached hydrogens (tertiary/aromatic N) is 2. The molecule has 0 bridgehead atoms. The molecule has 0 saturated carbocycles. The highest BCUT2D eigenvalue weighted by atomic mass is 32.2. The first-order chi connectivity index (χ1) is 14.3. The number of hydrogen-bond donors (Lipinski definition) is 1. The smallest absolute Gasteiger partial charge is 0.410 e. The molecule has 2 atom stereocenters. The number of sulfonamides is 1. The molecule has 2 rings (SSSR count). The molecule has 1 aliphatic rings. The van der Waals surface area contributed by atoms with Crippen molar-refractivity contribution in [3.63, 3.8) is 0 Å². The van der Waals surface area contributed by atoms with E-state index in [1.807, 2.05) is 13.8 Å². The number of carboxylic acid groups (broad SMARTS) is 1. The van der Waals surface area contributed by atoms with E-state index in [-0.39, 0.29) is 23.9 Å². The summed E-state index contributed by atoms with van der Waals surface area (Å²) in [7, 11) is -2.65. The Hall–Kier alpha value is -2.33. The quantitative estimate of drug-likeness (QED) is 0.700. The van der Waals surface area contributed by atoms with E-state index in [1.54, 1.807) is 20.8 Å². The lowest BCUT2D eigenvalue weighted by Crippen LogP contribution is -2.64. The number of ether oxygens (including phenoxy) is 2. The molecule has 1 N–H and O–H groups in total. The normalized spacial score (nSPS) is 20.5. The summed E-state index contributed by atoms with van der Waals surface area (Å²) in [6, 6.07) is 3.83. The number of benzene rings is 1. The van der Waals surface area contributed by atoms with Gasteiger partial charge in [0.1, 0.15) is 17.4 Å². The molecular weight excluding hydrogens is 424 g/mol. The van der Waals surface area contributed by atoms with Gasteiger partial charge in [-0.25, -0.2) is 13.2 Å². The predicted molar refractivity (Wildman–Crippen MR) is 114 cm³/mol. The lowest BCUT2D eigenvalue weighted by molar-refractivity contribution is -0.144. The molecule has 0 aliphatic carbocycles. The van der Waals surface area contributed by atoms with Gasteiger partial charge in [-0.15, -0.1) is 0 Å². The molecule has 1 amide bonds. The summed E-state index contributed by atoms with van der Waals surface area (Å²) < 4.78 is 38.2. The zero-order valence-electron chi connectivity index (χ0n) is 18.9. The molecule has 1 aliphatic heterocycles. The lowest BCUT2D eigenvalue weighted by atomic mass is 9.99. The largest absolute Gasteiger partial charge is 0.497 e. The van der Waals surface area contributed by atoms with Crippen LogP contribution in [-0.2, 0) is 19.6 Å². The van der Waals surface area contributed by atoms with Crippen LogP contribution in [0.15, 0.2) is 29.2 Å². The van der Waals surface area contributed by atoms with Crippen molar-refractivity contribution in [1.29, 1.82) is 0 Å². The molecule has 1 heterocycles. The number of carbonyl (C=O) groups is 2. The molecule has 1 fully saturated rings. The van der Waals surface area contributed by atoms with Gasteiger partial charge in [-0.3, -0.25) is 4.79 Å². The molecular formula is C21H32N2O7S. The van der Waals surface area contributed by atoms with Crippen LogP contribution in [-0.4, -0.2) is 72.7 Å². The minimum absolute atomic E-state index is 0.0337. The summed E-state index contributed by atoms with van der Waals surface area (Å²) in [4.78, 5) is 26.1. The van der Waals surface area contributed by atoms with E-state index in [2.05, 4.69) is 0 Å². The Labute approximate surface area is 184 Å². The van der Waals surface area contributed by atoms with Gasteiger partial charge in [-0.2, -0.15) is 4.31 Å². The Bertz CT molecular complexity index is 891. The van der Waals surface area contributed by atoms with Gasteiger partial charge in [0.15, 0.2) is 0 Å². The Kier molecular flexibility index (Phi) is 7.59. The van der Waals surface area contributed by atoms with Gasteiger partial charge in [-0.05, 0) is 57.4 Å².